The van der Waals surface area contributed by atoms with Crippen molar-refractivity contribution in [1.29, 1.82) is 0 Å². The number of aromatic nitrogens is 2. The molecule has 0 saturated carbocycles. The number of nitrogens with zero attached hydrogens (tertiary/aromatic N) is 2. The van der Waals surface area contributed by atoms with Crippen LogP contribution in [0.1, 0.15) is 12.0 Å². The second-order valence-corrected chi connectivity index (χ2v) is 7.18. The van der Waals surface area contributed by atoms with Crippen molar-refractivity contribution in [2.24, 2.45) is 0 Å². The molecular formula is C22H27N5O. The van der Waals surface area contributed by atoms with Crippen molar-refractivity contribution in [3.8, 4) is 22.5 Å². The molecule has 0 amide bonds. The molecule has 0 atom stereocenters. The molecule has 5 N–H and O–H groups in total. The highest BCUT2D eigenvalue weighted by Gasteiger charge is 2.16. The minimum atomic E-state index is 0.210. The molecule has 1 aliphatic rings. The van der Waals surface area contributed by atoms with Crippen LogP contribution in [0.4, 0.5) is 11.5 Å². The number of rotatable bonds is 6. The second kappa shape index (κ2) is 8.46. The van der Waals surface area contributed by atoms with Crippen molar-refractivity contribution >= 4 is 11.5 Å². The van der Waals surface area contributed by atoms with Crippen LogP contribution in [-0.2, 0) is 6.42 Å². The van der Waals surface area contributed by atoms with Gasteiger partial charge in [0.15, 0.2) is 0 Å². The molecule has 2 aromatic heterocycles. The maximum Gasteiger partial charge on any atom is 0.130 e. The number of nitrogens with one attached hydrogen (secondary N) is 2. The number of H-pyrrole nitrogens is 1. The Morgan fingerprint density at radius 2 is 1.93 bits per heavy atom. The SMILES string of the molecule is Nc1cc(-c2ccnc(-c3cccc(CCCO)c3)c2)[nH]c1N1CCNCC1. The molecule has 146 valence electrons. The number of hydrogen-bond donors (Lipinski definition) is 4. The molecule has 3 aromatic rings. The first-order valence-electron chi connectivity index (χ1n) is 9.85. The molecule has 1 saturated heterocycles. The number of aryl methyl sites for hydroxylation is 1. The van der Waals surface area contributed by atoms with Gasteiger partial charge in [0, 0.05) is 55.8 Å². The van der Waals surface area contributed by atoms with Crippen molar-refractivity contribution in [2.75, 3.05) is 43.4 Å². The minimum Gasteiger partial charge on any atom is -0.396 e. The molecule has 0 bridgehead atoms. The lowest BCUT2D eigenvalue weighted by Crippen LogP contribution is -2.43. The molecule has 1 fully saturated rings. The molecule has 0 spiro atoms. The first kappa shape index (κ1) is 18.5. The van der Waals surface area contributed by atoms with Gasteiger partial charge in [-0.3, -0.25) is 4.98 Å². The first-order valence-corrected chi connectivity index (χ1v) is 9.85. The average molecular weight is 377 g/mol. The van der Waals surface area contributed by atoms with E-state index in [2.05, 4.69) is 44.5 Å². The van der Waals surface area contributed by atoms with Crippen molar-refractivity contribution in [3.63, 3.8) is 0 Å². The van der Waals surface area contributed by atoms with Gasteiger partial charge in [-0.15, -0.1) is 0 Å². The number of piperazine rings is 1. The Kier molecular flexibility index (Phi) is 5.60. The summed E-state index contributed by atoms with van der Waals surface area (Å²) in [5.74, 6) is 1.00. The summed E-state index contributed by atoms with van der Waals surface area (Å²) in [7, 11) is 0. The number of aromatic amines is 1. The molecule has 28 heavy (non-hydrogen) atoms. The maximum absolute atomic E-state index is 9.06. The standard InChI is InChI=1S/C22H27N5O/c23-19-15-21(26-22(19)27-10-8-24-9-11-27)18-6-7-25-20(14-18)17-5-1-3-16(13-17)4-2-12-28/h1,3,5-7,13-15,24,26,28H,2,4,8-12,23H2. The number of nitrogen functional groups attached to an aromatic ring is 1. The van der Waals surface area contributed by atoms with Crippen molar-refractivity contribution in [3.05, 3.63) is 54.2 Å². The van der Waals surface area contributed by atoms with E-state index in [0.717, 1.165) is 73.0 Å². The third-order valence-electron chi connectivity index (χ3n) is 5.18. The molecule has 3 heterocycles. The number of benzene rings is 1. The number of anilines is 2. The third kappa shape index (κ3) is 4.03. The lowest BCUT2D eigenvalue weighted by Gasteiger charge is -2.28. The first-order chi connectivity index (χ1) is 13.7. The van der Waals surface area contributed by atoms with E-state index in [0.29, 0.717) is 0 Å². The Morgan fingerprint density at radius 1 is 1.07 bits per heavy atom. The number of hydrogen-bond acceptors (Lipinski definition) is 5. The lowest BCUT2D eigenvalue weighted by atomic mass is 10.0. The van der Waals surface area contributed by atoms with Crippen molar-refractivity contribution < 1.29 is 5.11 Å². The number of aliphatic hydroxyl groups excluding tert-OH is 1. The summed E-state index contributed by atoms with van der Waals surface area (Å²) in [5, 5.41) is 12.4. The molecule has 4 rings (SSSR count). The molecule has 0 aliphatic carbocycles. The summed E-state index contributed by atoms with van der Waals surface area (Å²) < 4.78 is 0. The van der Waals surface area contributed by atoms with E-state index >= 15 is 0 Å². The fourth-order valence-corrected chi connectivity index (χ4v) is 3.69. The quantitative estimate of drug-likeness (QED) is 0.530. The Morgan fingerprint density at radius 3 is 2.75 bits per heavy atom. The van der Waals surface area contributed by atoms with Gasteiger partial charge in [0.05, 0.1) is 11.4 Å². The fourth-order valence-electron chi connectivity index (χ4n) is 3.69. The monoisotopic (exact) mass is 377 g/mol. The van der Waals surface area contributed by atoms with Crippen LogP contribution in [0.5, 0.6) is 0 Å². The average Bonchev–Trinajstić information content (AvgIpc) is 3.15. The maximum atomic E-state index is 9.06. The molecule has 1 aromatic carbocycles. The Bertz CT molecular complexity index is 930. The van der Waals surface area contributed by atoms with Gasteiger partial charge in [-0.05, 0) is 42.7 Å². The summed E-state index contributed by atoms with van der Waals surface area (Å²) in [6.07, 6.45) is 3.48. The van der Waals surface area contributed by atoms with Crippen LogP contribution >= 0.6 is 0 Å². The van der Waals surface area contributed by atoms with Gasteiger partial charge in [0.2, 0.25) is 0 Å². The minimum absolute atomic E-state index is 0.210. The normalized spacial score (nSPS) is 14.4. The molecular weight excluding hydrogens is 350 g/mol. The zero-order valence-electron chi connectivity index (χ0n) is 16.0. The van der Waals surface area contributed by atoms with E-state index in [4.69, 9.17) is 10.8 Å². The summed E-state index contributed by atoms with van der Waals surface area (Å²) in [4.78, 5) is 10.4. The predicted octanol–water partition coefficient (Wildman–Crippen LogP) is 2.66. The zero-order chi connectivity index (χ0) is 19.3. The molecule has 6 nitrogen and oxygen atoms in total. The second-order valence-electron chi connectivity index (χ2n) is 7.18. The number of pyridine rings is 1. The van der Waals surface area contributed by atoms with Crippen LogP contribution in [0.15, 0.2) is 48.7 Å². The van der Waals surface area contributed by atoms with Crippen LogP contribution in [0.25, 0.3) is 22.5 Å². The summed E-state index contributed by atoms with van der Waals surface area (Å²) in [6, 6.07) is 14.5. The van der Waals surface area contributed by atoms with E-state index in [1.165, 1.54) is 5.56 Å². The van der Waals surface area contributed by atoms with Crippen LogP contribution < -0.4 is 16.0 Å². The highest BCUT2D eigenvalue weighted by Crippen LogP contribution is 2.31. The summed E-state index contributed by atoms with van der Waals surface area (Å²) in [6.45, 7) is 4.06. The largest absolute Gasteiger partial charge is 0.396 e. The lowest BCUT2D eigenvalue weighted by molar-refractivity contribution is 0.288. The summed E-state index contributed by atoms with van der Waals surface area (Å²) >= 11 is 0. The third-order valence-corrected chi connectivity index (χ3v) is 5.18. The topological polar surface area (TPSA) is 90.2 Å². The van der Waals surface area contributed by atoms with E-state index in [1.54, 1.807) is 0 Å². The van der Waals surface area contributed by atoms with Gasteiger partial charge in [-0.25, -0.2) is 0 Å². The van der Waals surface area contributed by atoms with Gasteiger partial charge >= 0.3 is 0 Å². The molecule has 0 radical (unpaired) electrons. The van der Waals surface area contributed by atoms with Gasteiger partial charge in [0.25, 0.3) is 0 Å². The predicted molar refractivity (Wildman–Crippen MR) is 114 cm³/mol. The van der Waals surface area contributed by atoms with E-state index in [1.807, 2.05) is 24.4 Å². The Hall–Kier alpha value is -2.83. The van der Waals surface area contributed by atoms with Gasteiger partial charge in [0.1, 0.15) is 5.82 Å². The smallest absolute Gasteiger partial charge is 0.130 e. The number of aliphatic hydroxyl groups is 1. The van der Waals surface area contributed by atoms with E-state index in [-0.39, 0.29) is 6.61 Å². The van der Waals surface area contributed by atoms with Gasteiger partial charge < -0.3 is 26.0 Å². The fraction of sp³-hybridized carbons (Fsp3) is 0.318. The van der Waals surface area contributed by atoms with Gasteiger partial charge in [-0.2, -0.15) is 0 Å². The number of nitrogens with two attached hydrogens (primary N) is 1. The van der Waals surface area contributed by atoms with Crippen molar-refractivity contribution in [2.45, 2.75) is 12.8 Å². The summed E-state index contributed by atoms with van der Waals surface area (Å²) in [5.41, 5.74) is 12.4. The van der Waals surface area contributed by atoms with E-state index in [9.17, 15) is 0 Å². The van der Waals surface area contributed by atoms with Crippen LogP contribution in [-0.4, -0.2) is 47.9 Å². The Labute approximate surface area is 165 Å². The van der Waals surface area contributed by atoms with Crippen molar-refractivity contribution in [1.82, 2.24) is 15.3 Å². The highest BCUT2D eigenvalue weighted by molar-refractivity contribution is 5.77. The zero-order valence-corrected chi connectivity index (χ0v) is 16.0. The van der Waals surface area contributed by atoms with Crippen LogP contribution in [0.3, 0.4) is 0 Å². The van der Waals surface area contributed by atoms with E-state index < -0.39 is 0 Å². The van der Waals surface area contributed by atoms with Crippen LogP contribution in [0.2, 0.25) is 0 Å². The van der Waals surface area contributed by atoms with Gasteiger partial charge in [-0.1, -0.05) is 18.2 Å². The molecule has 6 heteroatoms. The van der Waals surface area contributed by atoms with Crippen LogP contribution in [0, 0.1) is 0 Å². The highest BCUT2D eigenvalue weighted by atomic mass is 16.2. The molecule has 0 unspecified atom stereocenters. The molecule has 1 aliphatic heterocycles. The Balaban J connectivity index is 1.61.